The molecule has 1 heterocycles. The number of hydrogen-bond acceptors (Lipinski definition) is 6. The van der Waals surface area contributed by atoms with Gasteiger partial charge in [-0.05, 0) is 54.8 Å². The average molecular weight is 495 g/mol. The lowest BCUT2D eigenvalue weighted by Crippen LogP contribution is -2.35. The number of rotatable bonds is 7. The molecule has 0 aliphatic rings. The predicted octanol–water partition coefficient (Wildman–Crippen LogP) is 3.13. The zero-order valence-corrected chi connectivity index (χ0v) is 20.3. The van der Waals surface area contributed by atoms with E-state index in [1.54, 1.807) is 19.9 Å². The van der Waals surface area contributed by atoms with Gasteiger partial charge in [0.1, 0.15) is 5.82 Å². The summed E-state index contributed by atoms with van der Waals surface area (Å²) in [6.07, 6.45) is 0. The van der Waals surface area contributed by atoms with Crippen molar-refractivity contribution in [3.8, 4) is 0 Å². The van der Waals surface area contributed by atoms with E-state index in [1.165, 1.54) is 43.3 Å². The minimum Gasteiger partial charge on any atom is -0.345 e. The molecule has 33 heavy (non-hydrogen) atoms. The van der Waals surface area contributed by atoms with Crippen LogP contribution in [0.15, 0.2) is 35.2 Å². The highest BCUT2D eigenvalue weighted by Crippen LogP contribution is 2.35. The minimum atomic E-state index is -4.30. The number of sulfonamides is 1. The van der Waals surface area contributed by atoms with Crippen LogP contribution in [0.5, 0.6) is 0 Å². The number of benzene rings is 2. The van der Waals surface area contributed by atoms with Crippen LogP contribution in [0.4, 0.5) is 4.39 Å². The van der Waals surface area contributed by atoms with Gasteiger partial charge in [0.25, 0.3) is 5.91 Å². The van der Waals surface area contributed by atoms with Gasteiger partial charge in [0, 0.05) is 25.0 Å². The summed E-state index contributed by atoms with van der Waals surface area (Å²) >= 11 is 6.02. The van der Waals surface area contributed by atoms with Crippen LogP contribution >= 0.6 is 11.6 Å². The lowest BCUT2D eigenvalue weighted by molar-refractivity contribution is 0.0824. The van der Waals surface area contributed by atoms with E-state index in [-0.39, 0.29) is 21.3 Å². The van der Waals surface area contributed by atoms with E-state index in [0.29, 0.717) is 11.1 Å². The molecule has 0 fully saturated rings. The number of tetrazole rings is 1. The summed E-state index contributed by atoms with van der Waals surface area (Å²) < 4.78 is 44.3. The monoisotopic (exact) mass is 494 g/mol. The van der Waals surface area contributed by atoms with E-state index >= 15 is 0 Å². The molecule has 176 valence electrons. The van der Waals surface area contributed by atoms with E-state index in [4.69, 9.17) is 11.6 Å². The summed E-state index contributed by atoms with van der Waals surface area (Å²) in [6.45, 7) is 5.27. The third kappa shape index (κ3) is 5.05. The van der Waals surface area contributed by atoms with Crippen LogP contribution in [0.3, 0.4) is 0 Å². The summed E-state index contributed by atoms with van der Waals surface area (Å²) in [5, 5.41) is 13.9. The first kappa shape index (κ1) is 24.7. The molecule has 1 aromatic heterocycles. The first-order valence-electron chi connectivity index (χ1n) is 9.96. The summed E-state index contributed by atoms with van der Waals surface area (Å²) in [5.74, 6) is -1.70. The fourth-order valence-electron chi connectivity index (χ4n) is 3.59. The third-order valence-electron chi connectivity index (χ3n) is 5.48. The van der Waals surface area contributed by atoms with Crippen LogP contribution in [0.1, 0.15) is 51.8 Å². The van der Waals surface area contributed by atoms with Gasteiger partial charge in [-0.1, -0.05) is 29.8 Å². The predicted molar refractivity (Wildman–Crippen MR) is 121 cm³/mol. The number of hydrogen-bond donors (Lipinski definition) is 2. The Morgan fingerprint density at radius 1 is 1.21 bits per heavy atom. The largest absolute Gasteiger partial charge is 0.345 e. The quantitative estimate of drug-likeness (QED) is 0.520. The topological polar surface area (TPSA) is 121 Å². The Labute approximate surface area is 196 Å². The molecule has 3 rings (SSSR count). The van der Waals surface area contributed by atoms with Gasteiger partial charge in [-0.25, -0.2) is 12.8 Å². The molecule has 2 N–H and O–H groups in total. The van der Waals surface area contributed by atoms with Crippen molar-refractivity contribution >= 4 is 27.5 Å². The molecule has 0 radical (unpaired) electrons. The highest BCUT2D eigenvalue weighted by Gasteiger charge is 2.34. The second kappa shape index (κ2) is 9.54. The molecule has 0 saturated carbocycles. The Hall–Kier alpha value is -2.89. The smallest absolute Gasteiger partial charge is 0.254 e. The first-order valence-corrected chi connectivity index (χ1v) is 11.8. The fraction of sp³-hybridized carbons (Fsp3) is 0.333. The van der Waals surface area contributed by atoms with Crippen LogP contribution in [0.2, 0.25) is 5.02 Å². The zero-order chi connectivity index (χ0) is 24.5. The maximum absolute atomic E-state index is 14.8. The van der Waals surface area contributed by atoms with Crippen molar-refractivity contribution in [3.05, 3.63) is 69.2 Å². The van der Waals surface area contributed by atoms with Crippen molar-refractivity contribution in [2.45, 2.75) is 37.6 Å². The molecule has 0 unspecified atom stereocenters. The summed E-state index contributed by atoms with van der Waals surface area (Å²) in [4.78, 5) is 13.6. The fourth-order valence-corrected chi connectivity index (χ4v) is 5.21. The number of amides is 1. The number of nitrogens with zero attached hydrogens (tertiary/aromatic N) is 4. The van der Waals surface area contributed by atoms with Gasteiger partial charge in [0.05, 0.1) is 16.5 Å². The Morgan fingerprint density at radius 2 is 1.91 bits per heavy atom. The number of aromatic amines is 1. The van der Waals surface area contributed by atoms with Crippen molar-refractivity contribution in [2.75, 3.05) is 14.1 Å². The van der Waals surface area contributed by atoms with Gasteiger partial charge in [0.2, 0.25) is 10.0 Å². The molecule has 2 aromatic carbocycles. The SMILES string of the molecule is Cc1ccc(F)c([C@@H](C)[C@H](NS(=O)(=O)c2ccc(Cl)cc2C(=O)N(C)C)c2nn[nH]n2)c1C. The molecule has 9 nitrogen and oxygen atoms in total. The zero-order valence-electron chi connectivity index (χ0n) is 18.7. The van der Waals surface area contributed by atoms with E-state index < -0.39 is 33.7 Å². The van der Waals surface area contributed by atoms with Crippen LogP contribution in [-0.4, -0.2) is 53.9 Å². The molecule has 2 atom stereocenters. The second-order valence-electron chi connectivity index (χ2n) is 7.90. The van der Waals surface area contributed by atoms with Crippen LogP contribution in [0, 0.1) is 19.7 Å². The van der Waals surface area contributed by atoms with Crippen molar-refractivity contribution < 1.29 is 17.6 Å². The normalized spacial score (nSPS) is 13.5. The van der Waals surface area contributed by atoms with E-state index in [0.717, 1.165) is 5.56 Å². The number of H-pyrrole nitrogens is 1. The van der Waals surface area contributed by atoms with Crippen molar-refractivity contribution in [3.63, 3.8) is 0 Å². The Morgan fingerprint density at radius 3 is 2.52 bits per heavy atom. The van der Waals surface area contributed by atoms with Crippen LogP contribution in [0.25, 0.3) is 0 Å². The Bertz CT molecular complexity index is 1280. The molecule has 12 heteroatoms. The van der Waals surface area contributed by atoms with Crippen LogP contribution < -0.4 is 4.72 Å². The van der Waals surface area contributed by atoms with Crippen LogP contribution in [-0.2, 0) is 10.0 Å². The molecular weight excluding hydrogens is 471 g/mol. The second-order valence-corrected chi connectivity index (χ2v) is 10.0. The number of halogens is 2. The molecule has 0 spiro atoms. The van der Waals surface area contributed by atoms with Crippen molar-refractivity contribution in [1.29, 1.82) is 0 Å². The van der Waals surface area contributed by atoms with E-state index in [1.807, 2.05) is 6.92 Å². The summed E-state index contributed by atoms with van der Waals surface area (Å²) in [5.41, 5.74) is 1.76. The van der Waals surface area contributed by atoms with Gasteiger partial charge >= 0.3 is 0 Å². The average Bonchev–Trinajstić information content (AvgIpc) is 3.28. The van der Waals surface area contributed by atoms with Crippen molar-refractivity contribution in [1.82, 2.24) is 30.2 Å². The highest BCUT2D eigenvalue weighted by molar-refractivity contribution is 7.89. The number of aryl methyl sites for hydroxylation is 1. The number of aromatic nitrogens is 4. The standard InChI is InChI=1S/C21H24ClFN6O3S/c1-11-6-8-16(23)18(12(11)2)13(3)19(20-24-27-28-25-20)26-33(31,32)17-9-7-14(22)10-15(17)21(30)29(4)5/h6-10,13,19,26H,1-5H3,(H,24,25,27,28)/t13-,19+/m1/s1. The number of carbonyl (C=O) groups is 1. The molecule has 3 aromatic rings. The molecule has 0 aliphatic carbocycles. The van der Waals surface area contributed by atoms with Gasteiger partial charge < -0.3 is 4.90 Å². The molecule has 0 bridgehead atoms. The van der Waals surface area contributed by atoms with E-state index in [2.05, 4.69) is 25.3 Å². The lowest BCUT2D eigenvalue weighted by atomic mass is 9.88. The summed E-state index contributed by atoms with van der Waals surface area (Å²) in [6, 6.07) is 5.82. The number of carbonyl (C=O) groups excluding carboxylic acids is 1. The highest BCUT2D eigenvalue weighted by atomic mass is 35.5. The molecule has 0 saturated heterocycles. The third-order valence-corrected chi connectivity index (χ3v) is 7.21. The first-order chi connectivity index (χ1) is 15.4. The van der Waals surface area contributed by atoms with Gasteiger partial charge in [-0.2, -0.15) is 9.94 Å². The maximum atomic E-state index is 14.8. The summed E-state index contributed by atoms with van der Waals surface area (Å²) in [7, 11) is -1.30. The Kier molecular flexibility index (Phi) is 7.15. The molecule has 1 amide bonds. The van der Waals surface area contributed by atoms with Gasteiger partial charge in [-0.3, -0.25) is 4.79 Å². The Balaban J connectivity index is 2.11. The number of nitrogens with one attached hydrogen (secondary N) is 2. The van der Waals surface area contributed by atoms with E-state index in [9.17, 15) is 17.6 Å². The van der Waals surface area contributed by atoms with Crippen molar-refractivity contribution in [2.24, 2.45) is 0 Å². The molecular formula is C21H24ClFN6O3S. The maximum Gasteiger partial charge on any atom is 0.254 e. The lowest BCUT2D eigenvalue weighted by Gasteiger charge is -2.25. The minimum absolute atomic E-state index is 0.0285. The van der Waals surface area contributed by atoms with Gasteiger partial charge in [0.15, 0.2) is 5.82 Å². The van der Waals surface area contributed by atoms with Gasteiger partial charge in [-0.15, -0.1) is 10.2 Å². The molecule has 0 aliphatic heterocycles.